The van der Waals surface area contributed by atoms with Gasteiger partial charge in [-0.05, 0) is 40.5 Å². The molecule has 0 aliphatic heterocycles. The van der Waals surface area contributed by atoms with Gasteiger partial charge in [-0.3, -0.25) is 9.59 Å². The average Bonchev–Trinajstić information content (AvgIpc) is 2.45. The molecule has 0 aliphatic carbocycles. The summed E-state index contributed by atoms with van der Waals surface area (Å²) >= 11 is 3.45. The van der Waals surface area contributed by atoms with E-state index in [1.165, 1.54) is 23.3 Å². The highest BCUT2D eigenvalue weighted by Gasteiger charge is 2.19. The third kappa shape index (κ3) is 2.91. The molecule has 1 N–H and O–H groups in total. The number of carbonyl (C=O) groups is 2. The Morgan fingerprint density at radius 1 is 1.60 bits per heavy atom. The van der Waals surface area contributed by atoms with Crippen molar-refractivity contribution in [2.45, 2.75) is 6.92 Å². The molecule has 0 aromatic carbocycles. The zero-order chi connectivity index (χ0) is 11.6. The molecule has 0 saturated carbocycles. The first-order valence-electron chi connectivity index (χ1n) is 4.14. The Kier molecular flexibility index (Phi) is 4.09. The van der Waals surface area contributed by atoms with E-state index in [2.05, 4.69) is 22.6 Å². The first kappa shape index (κ1) is 12.4. The van der Waals surface area contributed by atoms with Gasteiger partial charge in [-0.25, -0.2) is 0 Å². The molecule has 4 nitrogen and oxygen atoms in total. The Balaban J connectivity index is 2.85. The molecule has 0 unspecified atom stereocenters. The van der Waals surface area contributed by atoms with Crippen LogP contribution < -0.4 is 0 Å². The van der Waals surface area contributed by atoms with Crippen molar-refractivity contribution in [1.29, 1.82) is 0 Å². The van der Waals surface area contributed by atoms with E-state index in [0.29, 0.717) is 4.88 Å². The van der Waals surface area contributed by atoms with Crippen LogP contribution in [-0.4, -0.2) is 35.5 Å². The van der Waals surface area contributed by atoms with Gasteiger partial charge in [-0.15, -0.1) is 11.3 Å². The van der Waals surface area contributed by atoms with Crippen molar-refractivity contribution in [3.8, 4) is 0 Å². The van der Waals surface area contributed by atoms with Gasteiger partial charge in [0, 0.05) is 10.6 Å². The van der Waals surface area contributed by atoms with Crippen molar-refractivity contribution in [3.05, 3.63) is 19.4 Å². The van der Waals surface area contributed by atoms with Gasteiger partial charge in [0.25, 0.3) is 5.91 Å². The second-order valence-corrected chi connectivity index (χ2v) is 5.08. The number of aliphatic carboxylic acids is 1. The molecule has 1 heterocycles. The Bertz CT molecular complexity index is 402. The van der Waals surface area contributed by atoms with Crippen LogP contribution in [0.2, 0.25) is 0 Å². The standard InChI is InChI=1S/C9H10INO3S/c1-5-4-15-8(7(5)10)9(14)11(2)3-6(12)13/h4H,3H2,1-2H3,(H,12,13). The first-order chi connectivity index (χ1) is 6.93. The first-order valence-corrected chi connectivity index (χ1v) is 6.10. The fourth-order valence-electron chi connectivity index (χ4n) is 1.02. The number of rotatable bonds is 3. The molecule has 1 aromatic heterocycles. The highest BCUT2D eigenvalue weighted by Crippen LogP contribution is 2.24. The second kappa shape index (κ2) is 4.93. The van der Waals surface area contributed by atoms with Crippen molar-refractivity contribution < 1.29 is 14.7 Å². The smallest absolute Gasteiger partial charge is 0.323 e. The average molecular weight is 339 g/mol. The third-order valence-electron chi connectivity index (χ3n) is 1.81. The minimum atomic E-state index is -1.01. The van der Waals surface area contributed by atoms with Crippen LogP contribution in [0.5, 0.6) is 0 Å². The van der Waals surface area contributed by atoms with Crippen molar-refractivity contribution in [2.75, 3.05) is 13.6 Å². The number of aryl methyl sites for hydroxylation is 1. The lowest BCUT2D eigenvalue weighted by Gasteiger charge is -2.13. The molecular formula is C9H10INO3S. The van der Waals surface area contributed by atoms with Crippen LogP contribution in [0.3, 0.4) is 0 Å². The number of carboxylic acid groups (broad SMARTS) is 1. The fourth-order valence-corrected chi connectivity index (χ4v) is 2.93. The normalized spacial score (nSPS) is 10.1. The molecule has 82 valence electrons. The number of thiophene rings is 1. The number of halogens is 1. The monoisotopic (exact) mass is 339 g/mol. The minimum absolute atomic E-state index is 0.236. The summed E-state index contributed by atoms with van der Waals surface area (Å²) in [5.41, 5.74) is 1.05. The van der Waals surface area contributed by atoms with Crippen LogP contribution in [0, 0.1) is 10.5 Å². The van der Waals surface area contributed by atoms with Crippen molar-refractivity contribution in [3.63, 3.8) is 0 Å². The number of carboxylic acids is 1. The molecule has 0 bridgehead atoms. The fraction of sp³-hybridized carbons (Fsp3) is 0.333. The van der Waals surface area contributed by atoms with Crippen molar-refractivity contribution in [1.82, 2.24) is 4.90 Å². The van der Waals surface area contributed by atoms with Gasteiger partial charge in [0.1, 0.15) is 11.4 Å². The lowest BCUT2D eigenvalue weighted by atomic mass is 10.3. The largest absolute Gasteiger partial charge is 0.480 e. The van der Waals surface area contributed by atoms with Gasteiger partial charge in [0.2, 0.25) is 0 Å². The van der Waals surface area contributed by atoms with E-state index in [4.69, 9.17) is 5.11 Å². The van der Waals surface area contributed by atoms with E-state index in [1.54, 1.807) is 0 Å². The molecule has 1 amide bonds. The summed E-state index contributed by atoms with van der Waals surface area (Å²) in [6.07, 6.45) is 0. The molecule has 0 aliphatic rings. The zero-order valence-electron chi connectivity index (χ0n) is 8.28. The predicted molar refractivity (Wildman–Crippen MR) is 66.4 cm³/mol. The topological polar surface area (TPSA) is 57.6 Å². The molecule has 0 fully saturated rings. The summed E-state index contributed by atoms with van der Waals surface area (Å²) in [7, 11) is 1.49. The highest BCUT2D eigenvalue weighted by atomic mass is 127. The van der Waals surface area contributed by atoms with E-state index >= 15 is 0 Å². The minimum Gasteiger partial charge on any atom is -0.480 e. The molecule has 1 rings (SSSR count). The molecule has 0 saturated heterocycles. The number of carbonyl (C=O) groups excluding carboxylic acids is 1. The number of nitrogens with zero attached hydrogens (tertiary/aromatic N) is 1. The van der Waals surface area contributed by atoms with Gasteiger partial charge >= 0.3 is 5.97 Å². The molecular weight excluding hydrogens is 329 g/mol. The summed E-state index contributed by atoms with van der Waals surface area (Å²) in [4.78, 5) is 24.0. The lowest BCUT2D eigenvalue weighted by Crippen LogP contribution is -2.31. The van der Waals surface area contributed by atoms with Crippen LogP contribution in [0.25, 0.3) is 0 Å². The van der Waals surface area contributed by atoms with E-state index in [1.807, 2.05) is 12.3 Å². The van der Waals surface area contributed by atoms with Gasteiger partial charge in [0.15, 0.2) is 0 Å². The van der Waals surface area contributed by atoms with Gasteiger partial charge in [-0.2, -0.15) is 0 Å². The Morgan fingerprint density at radius 3 is 2.60 bits per heavy atom. The molecule has 1 aromatic rings. The number of amides is 1. The maximum absolute atomic E-state index is 11.8. The molecule has 6 heteroatoms. The van der Waals surface area contributed by atoms with E-state index in [9.17, 15) is 9.59 Å². The molecule has 0 radical (unpaired) electrons. The zero-order valence-corrected chi connectivity index (χ0v) is 11.3. The second-order valence-electron chi connectivity index (χ2n) is 3.12. The molecule has 0 spiro atoms. The van der Waals surface area contributed by atoms with E-state index < -0.39 is 5.97 Å². The maximum atomic E-state index is 11.8. The van der Waals surface area contributed by atoms with Crippen LogP contribution >= 0.6 is 33.9 Å². The number of likely N-dealkylation sites (N-methyl/N-ethyl adjacent to an activating group) is 1. The summed E-state index contributed by atoms with van der Waals surface area (Å²) < 4.78 is 0.903. The van der Waals surface area contributed by atoms with Crippen LogP contribution in [0.15, 0.2) is 5.38 Å². The highest BCUT2D eigenvalue weighted by molar-refractivity contribution is 14.1. The third-order valence-corrected chi connectivity index (χ3v) is 4.65. The van der Waals surface area contributed by atoms with Crippen molar-refractivity contribution in [2.24, 2.45) is 0 Å². The quantitative estimate of drug-likeness (QED) is 0.855. The van der Waals surface area contributed by atoms with Crippen LogP contribution in [-0.2, 0) is 4.79 Å². The van der Waals surface area contributed by atoms with Crippen molar-refractivity contribution >= 4 is 45.8 Å². The summed E-state index contributed by atoms with van der Waals surface area (Å²) in [6.45, 7) is 1.65. The number of hydrogen-bond donors (Lipinski definition) is 1. The van der Waals surface area contributed by atoms with Crippen LogP contribution in [0.4, 0.5) is 0 Å². The van der Waals surface area contributed by atoms with E-state index in [0.717, 1.165) is 9.13 Å². The predicted octanol–water partition coefficient (Wildman–Crippen LogP) is 1.82. The summed E-state index contributed by atoms with van der Waals surface area (Å²) in [5, 5.41) is 10.5. The molecule has 0 atom stereocenters. The maximum Gasteiger partial charge on any atom is 0.323 e. The van der Waals surface area contributed by atoms with E-state index in [-0.39, 0.29) is 12.5 Å². The number of hydrogen-bond acceptors (Lipinski definition) is 3. The van der Waals surface area contributed by atoms with Gasteiger partial charge in [0.05, 0.1) is 0 Å². The molecule has 15 heavy (non-hydrogen) atoms. The SMILES string of the molecule is Cc1csc(C(=O)N(C)CC(=O)O)c1I. The van der Waals surface area contributed by atoms with Crippen LogP contribution in [0.1, 0.15) is 15.2 Å². The Morgan fingerprint density at radius 2 is 2.20 bits per heavy atom. The Hall–Kier alpha value is -0.630. The van der Waals surface area contributed by atoms with Gasteiger partial charge < -0.3 is 10.0 Å². The summed E-state index contributed by atoms with van der Waals surface area (Å²) in [6, 6.07) is 0. The van der Waals surface area contributed by atoms with Gasteiger partial charge in [-0.1, -0.05) is 0 Å². The Labute approximate surface area is 105 Å². The summed E-state index contributed by atoms with van der Waals surface area (Å²) in [5.74, 6) is -1.24. The lowest BCUT2D eigenvalue weighted by molar-refractivity contribution is -0.137.